The minimum Gasteiger partial charge on any atom is -0.379 e. The molecular weight excluding hydrogens is 256 g/mol. The highest BCUT2D eigenvalue weighted by Crippen LogP contribution is 2.23. The largest absolute Gasteiger partial charge is 0.379 e. The van der Waals surface area contributed by atoms with E-state index in [9.17, 15) is 0 Å². The second-order valence-electron chi connectivity index (χ2n) is 4.39. The lowest BCUT2D eigenvalue weighted by Gasteiger charge is -2.16. The lowest BCUT2D eigenvalue weighted by Crippen LogP contribution is -2.21. The Kier molecular flexibility index (Phi) is 4.74. The van der Waals surface area contributed by atoms with Crippen molar-refractivity contribution in [2.24, 2.45) is 0 Å². The predicted octanol–water partition coefficient (Wildman–Crippen LogP) is 3.30. The molecule has 2 aromatic heterocycles. The number of aryl methyl sites for hydroxylation is 1. The maximum atomic E-state index is 4.48. The first-order valence-electron chi connectivity index (χ1n) is 6.58. The lowest BCUT2D eigenvalue weighted by atomic mass is 10.3. The minimum absolute atomic E-state index is 0.796. The van der Waals surface area contributed by atoms with Crippen molar-refractivity contribution >= 4 is 22.2 Å². The first-order chi connectivity index (χ1) is 9.22. The molecule has 1 N–H and O–H groups in total. The van der Waals surface area contributed by atoms with Gasteiger partial charge in [0, 0.05) is 36.6 Å². The van der Waals surface area contributed by atoms with Gasteiger partial charge >= 0.3 is 0 Å². The number of anilines is 2. The Hall–Kier alpha value is -1.62. The van der Waals surface area contributed by atoms with Crippen LogP contribution in [0.15, 0.2) is 24.7 Å². The molecule has 0 aromatic carbocycles. The Morgan fingerprint density at radius 2 is 2.00 bits per heavy atom. The Morgan fingerprint density at radius 1 is 1.21 bits per heavy atom. The molecule has 0 saturated heterocycles. The van der Waals surface area contributed by atoms with E-state index in [0.717, 1.165) is 36.0 Å². The first kappa shape index (κ1) is 13.8. The lowest BCUT2D eigenvalue weighted by molar-refractivity contribution is 0.860. The molecular formula is C14H20N4S. The molecule has 2 aromatic rings. The predicted molar refractivity (Wildman–Crippen MR) is 82.0 cm³/mol. The minimum atomic E-state index is 0.796. The highest BCUT2D eigenvalue weighted by atomic mass is 32.1. The summed E-state index contributed by atoms with van der Waals surface area (Å²) in [7, 11) is 0. The maximum absolute atomic E-state index is 4.48. The third kappa shape index (κ3) is 3.67. The van der Waals surface area contributed by atoms with Gasteiger partial charge in [-0.25, -0.2) is 4.98 Å². The van der Waals surface area contributed by atoms with Crippen LogP contribution in [0, 0.1) is 6.92 Å². The van der Waals surface area contributed by atoms with Crippen molar-refractivity contribution in [1.82, 2.24) is 9.97 Å². The summed E-state index contributed by atoms with van der Waals surface area (Å²) < 4.78 is 0. The zero-order valence-corrected chi connectivity index (χ0v) is 12.5. The zero-order valence-electron chi connectivity index (χ0n) is 11.7. The Bertz CT molecular complexity index is 520. The fraction of sp³-hybridized carbons (Fsp3) is 0.429. The molecule has 2 heterocycles. The van der Waals surface area contributed by atoms with Crippen molar-refractivity contribution in [2.45, 2.75) is 27.3 Å². The van der Waals surface area contributed by atoms with E-state index in [1.807, 2.05) is 25.5 Å². The van der Waals surface area contributed by atoms with Gasteiger partial charge in [-0.2, -0.15) is 0 Å². The molecule has 4 nitrogen and oxygen atoms in total. The summed E-state index contributed by atoms with van der Waals surface area (Å²) in [4.78, 5) is 12.2. The molecule has 19 heavy (non-hydrogen) atoms. The van der Waals surface area contributed by atoms with Crippen molar-refractivity contribution in [2.75, 3.05) is 23.3 Å². The van der Waals surface area contributed by atoms with Gasteiger partial charge in [0.2, 0.25) is 0 Å². The highest BCUT2D eigenvalue weighted by molar-refractivity contribution is 7.15. The quantitative estimate of drug-likeness (QED) is 0.879. The van der Waals surface area contributed by atoms with E-state index in [1.54, 1.807) is 11.3 Å². The molecule has 0 aliphatic rings. The fourth-order valence-electron chi connectivity index (χ4n) is 1.86. The molecule has 0 amide bonds. The third-order valence-electron chi connectivity index (χ3n) is 2.92. The fourth-order valence-corrected chi connectivity index (χ4v) is 2.84. The number of nitrogens with zero attached hydrogens (tertiary/aromatic N) is 3. The van der Waals surface area contributed by atoms with Crippen LogP contribution in [-0.2, 0) is 6.54 Å². The summed E-state index contributed by atoms with van der Waals surface area (Å²) in [6, 6.07) is 2.10. The average Bonchev–Trinajstić information content (AvgIpc) is 2.87. The maximum Gasteiger partial charge on any atom is 0.185 e. The van der Waals surface area contributed by atoms with Gasteiger partial charge in [0.1, 0.15) is 0 Å². The van der Waals surface area contributed by atoms with Gasteiger partial charge in [0.15, 0.2) is 5.13 Å². The number of thiazole rings is 1. The van der Waals surface area contributed by atoms with E-state index in [1.165, 1.54) is 4.88 Å². The van der Waals surface area contributed by atoms with Gasteiger partial charge in [0.05, 0.1) is 12.2 Å². The van der Waals surface area contributed by atoms with Crippen LogP contribution in [0.4, 0.5) is 10.8 Å². The Morgan fingerprint density at radius 3 is 2.68 bits per heavy atom. The summed E-state index contributed by atoms with van der Waals surface area (Å²) in [6.07, 6.45) is 5.66. The molecule has 0 saturated carbocycles. The highest BCUT2D eigenvalue weighted by Gasteiger charge is 2.07. The van der Waals surface area contributed by atoms with Gasteiger partial charge in [-0.3, -0.25) is 4.98 Å². The van der Waals surface area contributed by atoms with E-state index in [2.05, 4.69) is 40.1 Å². The van der Waals surface area contributed by atoms with Gasteiger partial charge in [-0.15, -0.1) is 11.3 Å². The smallest absolute Gasteiger partial charge is 0.185 e. The summed E-state index contributed by atoms with van der Waals surface area (Å²) in [6.45, 7) is 9.15. The van der Waals surface area contributed by atoms with E-state index < -0.39 is 0 Å². The van der Waals surface area contributed by atoms with Crippen LogP contribution in [-0.4, -0.2) is 23.1 Å². The molecule has 2 rings (SSSR count). The van der Waals surface area contributed by atoms with Crippen LogP contribution >= 0.6 is 11.3 Å². The van der Waals surface area contributed by atoms with Crippen LogP contribution in [0.3, 0.4) is 0 Å². The van der Waals surface area contributed by atoms with Crippen molar-refractivity contribution in [3.05, 3.63) is 35.1 Å². The van der Waals surface area contributed by atoms with E-state index in [4.69, 9.17) is 0 Å². The number of pyridine rings is 1. The SMILES string of the molecule is CCN(CC)c1ncc(CNc2cncc(C)c2)s1. The Labute approximate surface area is 118 Å². The van der Waals surface area contributed by atoms with E-state index in [-0.39, 0.29) is 0 Å². The molecule has 0 radical (unpaired) electrons. The van der Waals surface area contributed by atoms with Gasteiger partial charge < -0.3 is 10.2 Å². The molecule has 0 bridgehead atoms. The Balaban J connectivity index is 1.97. The van der Waals surface area contributed by atoms with Crippen LogP contribution in [0.5, 0.6) is 0 Å². The number of hydrogen-bond acceptors (Lipinski definition) is 5. The number of rotatable bonds is 6. The van der Waals surface area contributed by atoms with Crippen molar-refractivity contribution in [3.63, 3.8) is 0 Å². The van der Waals surface area contributed by atoms with Gasteiger partial charge in [-0.05, 0) is 32.4 Å². The van der Waals surface area contributed by atoms with E-state index in [0.29, 0.717) is 0 Å². The molecule has 5 heteroatoms. The summed E-state index contributed by atoms with van der Waals surface area (Å²) in [5.74, 6) is 0. The van der Waals surface area contributed by atoms with Gasteiger partial charge in [-0.1, -0.05) is 0 Å². The standard InChI is InChI=1S/C14H20N4S/c1-4-18(5-2)14-17-10-13(19-14)9-16-12-6-11(3)7-15-8-12/h6-8,10,16H,4-5,9H2,1-3H3. The van der Waals surface area contributed by atoms with Crippen molar-refractivity contribution in [1.29, 1.82) is 0 Å². The molecule has 0 aliphatic carbocycles. The number of hydrogen-bond donors (Lipinski definition) is 1. The molecule has 0 unspecified atom stereocenters. The third-order valence-corrected chi connectivity index (χ3v) is 3.98. The zero-order chi connectivity index (χ0) is 13.7. The number of nitrogens with one attached hydrogen (secondary N) is 1. The topological polar surface area (TPSA) is 41.1 Å². The number of aromatic nitrogens is 2. The van der Waals surface area contributed by atoms with Crippen LogP contribution in [0.1, 0.15) is 24.3 Å². The normalized spacial score (nSPS) is 10.5. The molecule has 102 valence electrons. The molecule has 0 atom stereocenters. The van der Waals surface area contributed by atoms with Crippen molar-refractivity contribution < 1.29 is 0 Å². The molecule has 0 fully saturated rings. The van der Waals surface area contributed by atoms with Crippen LogP contribution in [0.25, 0.3) is 0 Å². The average molecular weight is 276 g/mol. The van der Waals surface area contributed by atoms with Crippen molar-refractivity contribution in [3.8, 4) is 0 Å². The van der Waals surface area contributed by atoms with Gasteiger partial charge in [0.25, 0.3) is 0 Å². The molecule has 0 spiro atoms. The first-order valence-corrected chi connectivity index (χ1v) is 7.39. The summed E-state index contributed by atoms with van der Waals surface area (Å²) in [5.41, 5.74) is 2.22. The van der Waals surface area contributed by atoms with Crippen LogP contribution in [0.2, 0.25) is 0 Å². The summed E-state index contributed by atoms with van der Waals surface area (Å²) in [5, 5.41) is 4.48. The van der Waals surface area contributed by atoms with E-state index >= 15 is 0 Å². The second-order valence-corrected chi connectivity index (χ2v) is 5.48. The second kappa shape index (κ2) is 6.52. The monoisotopic (exact) mass is 276 g/mol. The van der Waals surface area contributed by atoms with Crippen LogP contribution < -0.4 is 10.2 Å². The summed E-state index contributed by atoms with van der Waals surface area (Å²) >= 11 is 1.75. The molecule has 0 aliphatic heterocycles.